The number of phenols is 1. The van der Waals surface area contributed by atoms with Crippen LogP contribution in [0.25, 0.3) is 0 Å². The largest absolute Gasteiger partial charge is 0.508 e. The minimum atomic E-state index is -0.734. The van der Waals surface area contributed by atoms with E-state index < -0.39 is 11.9 Å². The van der Waals surface area contributed by atoms with Crippen LogP contribution in [-0.2, 0) is 22.4 Å². The number of aromatic hydroxyl groups is 1. The van der Waals surface area contributed by atoms with Crippen LogP contribution in [-0.4, -0.2) is 23.0 Å². The molecule has 2 amide bonds. The quantitative estimate of drug-likeness (QED) is 0.724. The first-order chi connectivity index (χ1) is 11.5. The van der Waals surface area contributed by atoms with E-state index in [-0.39, 0.29) is 17.6 Å². The van der Waals surface area contributed by atoms with Gasteiger partial charge >= 0.3 is 0 Å². The van der Waals surface area contributed by atoms with E-state index in [0.29, 0.717) is 12.8 Å². The van der Waals surface area contributed by atoms with E-state index in [9.17, 15) is 14.7 Å². The number of carbonyl (C=O) groups is 2. The first-order valence-corrected chi connectivity index (χ1v) is 7.87. The van der Waals surface area contributed by atoms with Gasteiger partial charge in [0, 0.05) is 12.3 Å². The predicted molar refractivity (Wildman–Crippen MR) is 92.2 cm³/mol. The molecule has 0 fully saturated rings. The van der Waals surface area contributed by atoms with Crippen LogP contribution in [0.3, 0.4) is 0 Å². The van der Waals surface area contributed by atoms with Crippen molar-refractivity contribution in [1.82, 2.24) is 5.32 Å². The standard InChI is InChI=1S/C19H22N2O3/c1-13(11-15-7-9-16(22)10-8-15)19(24)21-17(18(20)23)12-14-5-3-2-4-6-14/h2-10,13,17,22H,11-12H2,1H3,(H2,20,23)(H,21,24). The van der Waals surface area contributed by atoms with E-state index in [2.05, 4.69) is 5.32 Å². The molecule has 2 atom stereocenters. The number of carbonyl (C=O) groups excluding carboxylic acids is 2. The van der Waals surface area contributed by atoms with Crippen LogP contribution in [0.5, 0.6) is 5.75 Å². The normalized spacial score (nSPS) is 13.0. The lowest BCUT2D eigenvalue weighted by molar-refractivity contribution is -0.129. The third-order valence-electron chi connectivity index (χ3n) is 3.87. The summed E-state index contributed by atoms with van der Waals surface area (Å²) in [7, 11) is 0. The smallest absolute Gasteiger partial charge is 0.240 e. The lowest BCUT2D eigenvalue weighted by Crippen LogP contribution is -2.47. The van der Waals surface area contributed by atoms with Gasteiger partial charge in [-0.3, -0.25) is 9.59 Å². The van der Waals surface area contributed by atoms with Crippen LogP contribution in [0.4, 0.5) is 0 Å². The van der Waals surface area contributed by atoms with Gasteiger partial charge in [-0.05, 0) is 29.7 Å². The maximum absolute atomic E-state index is 12.4. The van der Waals surface area contributed by atoms with E-state index in [1.807, 2.05) is 30.3 Å². The van der Waals surface area contributed by atoms with Gasteiger partial charge in [0.25, 0.3) is 0 Å². The van der Waals surface area contributed by atoms with Crippen LogP contribution in [0, 0.1) is 5.92 Å². The summed E-state index contributed by atoms with van der Waals surface area (Å²) < 4.78 is 0. The molecule has 0 bridgehead atoms. The molecule has 0 aliphatic heterocycles. The zero-order chi connectivity index (χ0) is 17.5. The van der Waals surface area contributed by atoms with Gasteiger partial charge in [0.1, 0.15) is 11.8 Å². The highest BCUT2D eigenvalue weighted by atomic mass is 16.3. The summed E-state index contributed by atoms with van der Waals surface area (Å²) in [6.07, 6.45) is 0.886. The molecule has 0 aliphatic rings. The highest BCUT2D eigenvalue weighted by Gasteiger charge is 2.22. The summed E-state index contributed by atoms with van der Waals surface area (Å²) in [6, 6.07) is 15.4. The average molecular weight is 326 g/mol. The van der Waals surface area contributed by atoms with Gasteiger partial charge in [-0.1, -0.05) is 49.4 Å². The second-order valence-corrected chi connectivity index (χ2v) is 5.92. The molecule has 0 radical (unpaired) electrons. The molecule has 0 saturated carbocycles. The van der Waals surface area contributed by atoms with Gasteiger partial charge in [0.05, 0.1) is 0 Å². The zero-order valence-electron chi connectivity index (χ0n) is 13.6. The third kappa shape index (κ3) is 5.12. The Bertz CT molecular complexity index is 684. The zero-order valence-corrected chi connectivity index (χ0v) is 13.6. The van der Waals surface area contributed by atoms with Crippen molar-refractivity contribution < 1.29 is 14.7 Å². The van der Waals surface area contributed by atoms with Gasteiger partial charge in [-0.25, -0.2) is 0 Å². The van der Waals surface area contributed by atoms with Crippen molar-refractivity contribution in [3.8, 4) is 5.75 Å². The van der Waals surface area contributed by atoms with Crippen molar-refractivity contribution in [1.29, 1.82) is 0 Å². The number of nitrogens with two attached hydrogens (primary N) is 1. The topological polar surface area (TPSA) is 92.4 Å². The highest BCUT2D eigenvalue weighted by molar-refractivity contribution is 5.87. The Morgan fingerprint density at radius 1 is 1.00 bits per heavy atom. The number of hydrogen-bond donors (Lipinski definition) is 3. The minimum absolute atomic E-state index is 0.188. The SMILES string of the molecule is CC(Cc1ccc(O)cc1)C(=O)NC(Cc1ccccc1)C(N)=O. The fraction of sp³-hybridized carbons (Fsp3) is 0.263. The van der Waals surface area contributed by atoms with Gasteiger partial charge in [0.15, 0.2) is 0 Å². The molecule has 0 spiro atoms. The summed E-state index contributed by atoms with van der Waals surface area (Å²) in [6.45, 7) is 1.79. The Balaban J connectivity index is 1.96. The molecule has 24 heavy (non-hydrogen) atoms. The van der Waals surface area contributed by atoms with E-state index >= 15 is 0 Å². The predicted octanol–water partition coefficient (Wildman–Crippen LogP) is 1.78. The second-order valence-electron chi connectivity index (χ2n) is 5.92. The Labute approximate surface area is 141 Å². The molecule has 2 unspecified atom stereocenters. The van der Waals surface area contributed by atoms with Crippen LogP contribution >= 0.6 is 0 Å². The monoisotopic (exact) mass is 326 g/mol. The molecular weight excluding hydrogens is 304 g/mol. The van der Waals surface area contributed by atoms with Crippen molar-refractivity contribution in [3.05, 3.63) is 65.7 Å². The number of primary amides is 1. The van der Waals surface area contributed by atoms with E-state index in [0.717, 1.165) is 11.1 Å². The third-order valence-corrected chi connectivity index (χ3v) is 3.87. The molecular formula is C19H22N2O3. The average Bonchev–Trinajstić information content (AvgIpc) is 2.57. The Hall–Kier alpha value is -2.82. The fourth-order valence-corrected chi connectivity index (χ4v) is 2.46. The maximum atomic E-state index is 12.4. The number of hydrogen-bond acceptors (Lipinski definition) is 3. The van der Waals surface area contributed by atoms with E-state index in [1.165, 1.54) is 0 Å². The molecule has 5 heteroatoms. The Morgan fingerprint density at radius 3 is 2.17 bits per heavy atom. The van der Waals surface area contributed by atoms with E-state index in [1.54, 1.807) is 31.2 Å². The lowest BCUT2D eigenvalue weighted by Gasteiger charge is -2.19. The molecule has 126 valence electrons. The molecule has 2 rings (SSSR count). The van der Waals surface area contributed by atoms with Crippen molar-refractivity contribution in [3.63, 3.8) is 0 Å². The van der Waals surface area contributed by atoms with Crippen molar-refractivity contribution in [2.75, 3.05) is 0 Å². The van der Waals surface area contributed by atoms with Crippen LogP contribution in [0.1, 0.15) is 18.1 Å². The number of rotatable bonds is 7. The molecule has 2 aromatic rings. The summed E-state index contributed by atoms with van der Waals surface area (Å²) in [4.78, 5) is 24.0. The molecule has 5 nitrogen and oxygen atoms in total. The number of amides is 2. The van der Waals surface area contributed by atoms with Crippen LogP contribution in [0.2, 0.25) is 0 Å². The van der Waals surface area contributed by atoms with Crippen molar-refractivity contribution in [2.24, 2.45) is 11.7 Å². The first kappa shape index (κ1) is 17.5. The van der Waals surface area contributed by atoms with Gasteiger partial charge in [-0.15, -0.1) is 0 Å². The molecule has 2 aromatic carbocycles. The fourth-order valence-electron chi connectivity index (χ4n) is 2.46. The van der Waals surface area contributed by atoms with E-state index in [4.69, 9.17) is 5.73 Å². The molecule has 4 N–H and O–H groups in total. The van der Waals surface area contributed by atoms with Crippen LogP contribution < -0.4 is 11.1 Å². The number of phenolic OH excluding ortho intramolecular Hbond substituents is 1. The molecule has 0 saturated heterocycles. The number of benzene rings is 2. The van der Waals surface area contributed by atoms with Gasteiger partial charge < -0.3 is 16.2 Å². The number of nitrogens with one attached hydrogen (secondary N) is 1. The Morgan fingerprint density at radius 2 is 1.58 bits per heavy atom. The lowest BCUT2D eigenvalue weighted by atomic mass is 9.99. The van der Waals surface area contributed by atoms with Gasteiger partial charge in [0.2, 0.25) is 11.8 Å². The highest BCUT2D eigenvalue weighted by Crippen LogP contribution is 2.14. The minimum Gasteiger partial charge on any atom is -0.508 e. The summed E-state index contributed by atoms with van der Waals surface area (Å²) >= 11 is 0. The van der Waals surface area contributed by atoms with Crippen molar-refractivity contribution >= 4 is 11.8 Å². The summed E-state index contributed by atoms with van der Waals surface area (Å²) in [5, 5.41) is 12.0. The summed E-state index contributed by atoms with van der Waals surface area (Å²) in [5.74, 6) is -0.897. The second kappa shape index (κ2) is 8.15. The Kier molecular flexibility index (Phi) is 5.95. The molecule has 0 aromatic heterocycles. The van der Waals surface area contributed by atoms with Crippen LogP contribution in [0.15, 0.2) is 54.6 Å². The first-order valence-electron chi connectivity index (χ1n) is 7.87. The maximum Gasteiger partial charge on any atom is 0.240 e. The summed E-state index contributed by atoms with van der Waals surface area (Å²) in [5.41, 5.74) is 7.30. The van der Waals surface area contributed by atoms with Crippen molar-refractivity contribution in [2.45, 2.75) is 25.8 Å². The molecule has 0 heterocycles. The van der Waals surface area contributed by atoms with Gasteiger partial charge in [-0.2, -0.15) is 0 Å². The molecule has 0 aliphatic carbocycles.